The van der Waals surface area contributed by atoms with E-state index < -0.39 is 5.91 Å². The SMILES string of the molecule is CCC(C)/C(=C\C(=NC)C(N)=O)Cc1ccccc1.CCCNc1ccccc1N(C)C=O. The topological polar surface area (TPSA) is 87.8 Å². The maximum Gasteiger partial charge on any atom is 0.266 e. The van der Waals surface area contributed by atoms with Crippen LogP contribution in [-0.2, 0) is 16.0 Å². The third kappa shape index (κ3) is 9.73. The van der Waals surface area contributed by atoms with Gasteiger partial charge in [0.15, 0.2) is 0 Å². The van der Waals surface area contributed by atoms with Crippen molar-refractivity contribution in [2.24, 2.45) is 16.6 Å². The lowest BCUT2D eigenvalue weighted by molar-refractivity contribution is -0.112. The average Bonchev–Trinajstić information content (AvgIpc) is 2.85. The number of aliphatic imine (C=N–C) groups is 1. The van der Waals surface area contributed by atoms with E-state index in [9.17, 15) is 9.59 Å². The van der Waals surface area contributed by atoms with Crippen LogP contribution in [0.2, 0.25) is 0 Å². The maximum atomic E-state index is 11.3. The number of carbonyl (C=O) groups excluding carboxylic acids is 2. The second kappa shape index (κ2) is 15.4. The Bertz CT molecular complexity index is 923. The third-order valence-corrected chi connectivity index (χ3v) is 5.32. The molecule has 0 bridgehead atoms. The number of amides is 2. The van der Waals surface area contributed by atoms with Gasteiger partial charge in [-0.25, -0.2) is 0 Å². The summed E-state index contributed by atoms with van der Waals surface area (Å²) in [5.41, 5.74) is 9.99. The first-order valence-corrected chi connectivity index (χ1v) is 11.4. The van der Waals surface area contributed by atoms with Gasteiger partial charge in [-0.1, -0.05) is 68.8 Å². The van der Waals surface area contributed by atoms with Crippen LogP contribution in [-0.4, -0.2) is 38.7 Å². The minimum atomic E-state index is -0.476. The summed E-state index contributed by atoms with van der Waals surface area (Å²) in [6.07, 6.45) is 5.56. The molecule has 1 unspecified atom stereocenters. The van der Waals surface area contributed by atoms with Crippen molar-refractivity contribution in [3.8, 4) is 0 Å². The van der Waals surface area contributed by atoms with Gasteiger partial charge < -0.3 is 16.0 Å². The van der Waals surface area contributed by atoms with Crippen LogP contribution >= 0.6 is 0 Å². The minimum Gasteiger partial charge on any atom is -0.383 e. The molecule has 2 aromatic carbocycles. The molecule has 0 fully saturated rings. The standard InChI is InChI=1S/C16H22N2O.C11H16N2O/c1-4-12(2)14(11-15(18-3)16(17)19)10-13-8-6-5-7-9-13;1-3-8-12-10-6-4-5-7-11(10)13(2)9-14/h5-9,11-12H,4,10H2,1-3H3,(H2,17,19);4-7,9,12H,3,8H2,1-2H3/b14-11-,18-15?;. The molecule has 3 N–H and O–H groups in total. The normalized spacial score (nSPS) is 12.3. The zero-order chi connectivity index (χ0) is 24.6. The molecular formula is C27H38N4O2. The van der Waals surface area contributed by atoms with Gasteiger partial charge in [-0.2, -0.15) is 0 Å². The van der Waals surface area contributed by atoms with Gasteiger partial charge in [-0.05, 0) is 49.0 Å². The van der Waals surface area contributed by atoms with Crippen molar-refractivity contribution in [1.82, 2.24) is 0 Å². The molecule has 0 heterocycles. The molecule has 0 saturated carbocycles. The van der Waals surface area contributed by atoms with E-state index in [4.69, 9.17) is 5.73 Å². The molecule has 2 rings (SSSR count). The summed E-state index contributed by atoms with van der Waals surface area (Å²) < 4.78 is 0. The average molecular weight is 451 g/mol. The summed E-state index contributed by atoms with van der Waals surface area (Å²) in [4.78, 5) is 27.4. The largest absolute Gasteiger partial charge is 0.383 e. The van der Waals surface area contributed by atoms with Crippen molar-refractivity contribution in [3.63, 3.8) is 0 Å². The highest BCUT2D eigenvalue weighted by Gasteiger charge is 2.11. The van der Waals surface area contributed by atoms with Crippen LogP contribution in [0.4, 0.5) is 11.4 Å². The molecule has 0 saturated heterocycles. The lowest BCUT2D eigenvalue weighted by Gasteiger charge is -2.16. The molecule has 6 heteroatoms. The molecule has 33 heavy (non-hydrogen) atoms. The number of nitrogens with two attached hydrogens (primary N) is 1. The molecule has 0 aliphatic heterocycles. The minimum absolute atomic E-state index is 0.339. The fourth-order valence-electron chi connectivity index (χ4n) is 3.13. The molecular weight excluding hydrogens is 412 g/mol. The van der Waals surface area contributed by atoms with Crippen LogP contribution in [0.25, 0.3) is 0 Å². The number of primary amides is 1. The zero-order valence-corrected chi connectivity index (χ0v) is 20.5. The Balaban J connectivity index is 0.000000346. The Morgan fingerprint density at radius 2 is 1.76 bits per heavy atom. The van der Waals surface area contributed by atoms with Gasteiger partial charge in [0, 0.05) is 20.6 Å². The first-order valence-electron chi connectivity index (χ1n) is 11.4. The smallest absolute Gasteiger partial charge is 0.266 e. The molecule has 0 aliphatic carbocycles. The van der Waals surface area contributed by atoms with Crippen LogP contribution < -0.4 is 16.0 Å². The van der Waals surface area contributed by atoms with Crippen molar-refractivity contribution >= 4 is 29.4 Å². The van der Waals surface area contributed by atoms with Gasteiger partial charge in [0.25, 0.3) is 5.91 Å². The summed E-state index contributed by atoms with van der Waals surface area (Å²) in [6.45, 7) is 7.32. The summed E-state index contributed by atoms with van der Waals surface area (Å²) >= 11 is 0. The monoisotopic (exact) mass is 450 g/mol. The molecule has 2 amide bonds. The molecule has 6 nitrogen and oxygen atoms in total. The first kappa shape index (κ1) is 27.6. The fourth-order valence-corrected chi connectivity index (χ4v) is 3.13. The van der Waals surface area contributed by atoms with E-state index in [1.54, 1.807) is 19.0 Å². The summed E-state index contributed by atoms with van der Waals surface area (Å²) in [5.74, 6) is -0.0762. The number of carbonyl (C=O) groups is 2. The summed E-state index contributed by atoms with van der Waals surface area (Å²) in [7, 11) is 3.34. The van der Waals surface area contributed by atoms with Gasteiger partial charge >= 0.3 is 0 Å². The number of hydrogen-bond acceptors (Lipinski definition) is 4. The van der Waals surface area contributed by atoms with E-state index in [1.807, 2.05) is 48.5 Å². The van der Waals surface area contributed by atoms with Gasteiger partial charge in [-0.15, -0.1) is 0 Å². The zero-order valence-electron chi connectivity index (χ0n) is 20.5. The molecule has 0 aliphatic rings. The highest BCUT2D eigenvalue weighted by molar-refractivity contribution is 6.42. The Morgan fingerprint density at radius 1 is 1.12 bits per heavy atom. The summed E-state index contributed by atoms with van der Waals surface area (Å²) in [5, 5.41) is 3.28. The number of rotatable bonds is 11. The quantitative estimate of drug-likeness (QED) is 0.379. The molecule has 0 radical (unpaired) electrons. The molecule has 1 atom stereocenters. The van der Waals surface area contributed by atoms with Gasteiger partial charge in [0.2, 0.25) is 6.41 Å². The van der Waals surface area contributed by atoms with E-state index in [-0.39, 0.29) is 0 Å². The van der Waals surface area contributed by atoms with E-state index in [1.165, 1.54) is 11.1 Å². The molecule has 178 valence electrons. The van der Waals surface area contributed by atoms with Gasteiger partial charge in [-0.3, -0.25) is 14.6 Å². The second-order valence-corrected chi connectivity index (χ2v) is 7.82. The van der Waals surface area contributed by atoms with Gasteiger partial charge in [0.1, 0.15) is 5.71 Å². The number of nitrogens with one attached hydrogen (secondary N) is 1. The predicted octanol–water partition coefficient (Wildman–Crippen LogP) is 4.86. The van der Waals surface area contributed by atoms with Crippen molar-refractivity contribution in [3.05, 3.63) is 71.8 Å². The highest BCUT2D eigenvalue weighted by Crippen LogP contribution is 2.23. The molecule has 2 aromatic rings. The Kier molecular flexibility index (Phi) is 12.9. The Hall–Kier alpha value is -3.41. The molecule has 0 aromatic heterocycles. The van der Waals surface area contributed by atoms with Crippen molar-refractivity contribution < 1.29 is 9.59 Å². The third-order valence-electron chi connectivity index (χ3n) is 5.32. The summed E-state index contributed by atoms with van der Waals surface area (Å²) in [6, 6.07) is 18.0. The number of nitrogens with zero attached hydrogens (tertiary/aromatic N) is 2. The number of hydrogen-bond donors (Lipinski definition) is 2. The Morgan fingerprint density at radius 3 is 2.30 bits per heavy atom. The predicted molar refractivity (Wildman–Crippen MR) is 140 cm³/mol. The van der Waals surface area contributed by atoms with Crippen molar-refractivity contribution in [2.75, 3.05) is 30.9 Å². The van der Waals surface area contributed by atoms with E-state index >= 15 is 0 Å². The Labute approximate surface area is 198 Å². The highest BCUT2D eigenvalue weighted by atomic mass is 16.1. The number of allylic oxidation sites excluding steroid dienone is 1. The maximum absolute atomic E-state index is 11.3. The first-order chi connectivity index (χ1) is 15.9. The van der Waals surface area contributed by atoms with E-state index in [2.05, 4.69) is 43.2 Å². The van der Waals surface area contributed by atoms with Crippen LogP contribution in [0, 0.1) is 5.92 Å². The fraction of sp³-hybridized carbons (Fsp3) is 0.370. The van der Waals surface area contributed by atoms with Crippen LogP contribution in [0.1, 0.15) is 39.2 Å². The second-order valence-electron chi connectivity index (χ2n) is 7.82. The number of para-hydroxylation sites is 2. The number of anilines is 2. The molecule has 0 spiro atoms. The van der Waals surface area contributed by atoms with Gasteiger partial charge in [0.05, 0.1) is 11.4 Å². The van der Waals surface area contributed by atoms with E-state index in [0.717, 1.165) is 43.6 Å². The lowest BCUT2D eigenvalue weighted by atomic mass is 9.91. The van der Waals surface area contributed by atoms with Crippen molar-refractivity contribution in [1.29, 1.82) is 0 Å². The van der Waals surface area contributed by atoms with Crippen LogP contribution in [0.5, 0.6) is 0 Å². The van der Waals surface area contributed by atoms with Crippen LogP contribution in [0.15, 0.2) is 71.2 Å². The van der Waals surface area contributed by atoms with Crippen LogP contribution in [0.3, 0.4) is 0 Å². The number of benzene rings is 2. The lowest BCUT2D eigenvalue weighted by Crippen LogP contribution is -2.22. The van der Waals surface area contributed by atoms with E-state index in [0.29, 0.717) is 11.6 Å². The van der Waals surface area contributed by atoms with Crippen molar-refractivity contribution in [2.45, 2.75) is 40.0 Å².